The molecule has 1 aliphatic heterocycles. The monoisotopic (exact) mass is 120 g/mol. The van der Waals surface area contributed by atoms with Crippen molar-refractivity contribution in [3.8, 4) is 0 Å². The van der Waals surface area contributed by atoms with Gasteiger partial charge in [0, 0.05) is 0 Å². The summed E-state index contributed by atoms with van der Waals surface area (Å²) in [6.45, 7) is 0.0162. The van der Waals surface area contributed by atoms with Crippen molar-refractivity contribution >= 4 is 0 Å². The van der Waals surface area contributed by atoms with Gasteiger partial charge in [-0.05, 0) is 0 Å². The van der Waals surface area contributed by atoms with Gasteiger partial charge in [-0.2, -0.15) is 0 Å². The van der Waals surface area contributed by atoms with Gasteiger partial charge in [-0.1, -0.05) is 0 Å². The highest BCUT2D eigenvalue weighted by Crippen LogP contribution is 2.10. The molecule has 8 heavy (non-hydrogen) atoms. The maximum absolute atomic E-state index is 8.64. The van der Waals surface area contributed by atoms with Crippen LogP contribution in [0.3, 0.4) is 0 Å². The van der Waals surface area contributed by atoms with Gasteiger partial charge in [-0.3, -0.25) is 0 Å². The fraction of sp³-hybridized carbons (Fsp3) is 1.00. The molecule has 0 spiro atoms. The van der Waals surface area contributed by atoms with Gasteiger partial charge in [-0.25, -0.2) is 0 Å². The molecule has 4 heteroatoms. The van der Waals surface area contributed by atoms with Gasteiger partial charge in [0.05, 0.1) is 6.61 Å². The van der Waals surface area contributed by atoms with Crippen LogP contribution in [-0.4, -0.2) is 40.4 Å². The van der Waals surface area contributed by atoms with Gasteiger partial charge in [0.15, 0.2) is 6.29 Å². The third-order valence-electron chi connectivity index (χ3n) is 1.12. The molecule has 1 saturated heterocycles. The first-order valence-corrected chi connectivity index (χ1v) is 2.37. The number of aliphatic hydroxyl groups excluding tert-OH is 3. The molecular formula is C4H8O4. The van der Waals surface area contributed by atoms with Gasteiger partial charge in [0.1, 0.15) is 12.2 Å². The molecule has 0 aromatic heterocycles. The van der Waals surface area contributed by atoms with E-state index >= 15 is 0 Å². The summed E-state index contributed by atoms with van der Waals surface area (Å²) in [6, 6.07) is 0. The van der Waals surface area contributed by atoms with E-state index in [1.54, 1.807) is 0 Å². The highest BCUT2D eigenvalue weighted by Gasteiger charge is 2.32. The Kier molecular flexibility index (Phi) is 1.48. The summed E-state index contributed by atoms with van der Waals surface area (Å²) in [5.41, 5.74) is 0. The van der Waals surface area contributed by atoms with Crippen LogP contribution in [-0.2, 0) is 4.74 Å². The first kappa shape index (κ1) is 5.97. The molecule has 1 fully saturated rings. The van der Waals surface area contributed by atoms with E-state index in [4.69, 9.17) is 15.3 Å². The number of rotatable bonds is 0. The molecule has 0 radical (unpaired) electrons. The molecule has 3 N–H and O–H groups in total. The fourth-order valence-corrected chi connectivity index (χ4v) is 0.584. The zero-order valence-corrected chi connectivity index (χ0v) is 4.19. The van der Waals surface area contributed by atoms with Crippen molar-refractivity contribution in [1.29, 1.82) is 0 Å². The van der Waals surface area contributed by atoms with Gasteiger partial charge in [0.25, 0.3) is 0 Å². The van der Waals surface area contributed by atoms with E-state index in [9.17, 15) is 0 Å². The summed E-state index contributed by atoms with van der Waals surface area (Å²) < 4.78 is 4.43. The lowest BCUT2D eigenvalue weighted by Crippen LogP contribution is -2.29. The topological polar surface area (TPSA) is 69.9 Å². The zero-order valence-electron chi connectivity index (χ0n) is 4.19. The third-order valence-corrected chi connectivity index (χ3v) is 1.12. The Balaban J connectivity index is 2.44. The van der Waals surface area contributed by atoms with Crippen molar-refractivity contribution in [2.45, 2.75) is 18.5 Å². The first-order valence-electron chi connectivity index (χ1n) is 2.37. The minimum atomic E-state index is -1.20. The van der Waals surface area contributed by atoms with Crippen molar-refractivity contribution in [2.24, 2.45) is 0 Å². The molecule has 0 aromatic carbocycles. The zero-order chi connectivity index (χ0) is 6.15. The normalized spacial score (nSPS) is 47.6. The predicted octanol–water partition coefficient (Wildman–Crippen LogP) is -1.94. The molecule has 48 valence electrons. The lowest BCUT2D eigenvalue weighted by molar-refractivity contribution is -0.111. The van der Waals surface area contributed by atoms with E-state index in [0.717, 1.165) is 0 Å². The third kappa shape index (κ3) is 0.830. The Morgan fingerprint density at radius 1 is 1.25 bits per heavy atom. The van der Waals surface area contributed by atoms with E-state index in [0.29, 0.717) is 0 Å². The molecule has 0 aliphatic carbocycles. The van der Waals surface area contributed by atoms with Crippen molar-refractivity contribution in [1.82, 2.24) is 0 Å². The Morgan fingerprint density at radius 3 is 2.00 bits per heavy atom. The van der Waals surface area contributed by atoms with E-state index in [-0.39, 0.29) is 6.61 Å². The van der Waals surface area contributed by atoms with E-state index in [1.807, 2.05) is 0 Å². The number of hydrogen-bond acceptors (Lipinski definition) is 4. The highest BCUT2D eigenvalue weighted by atomic mass is 16.6. The summed E-state index contributed by atoms with van der Waals surface area (Å²) in [6.07, 6.45) is -3.26. The first-order chi connectivity index (χ1) is 3.72. The van der Waals surface area contributed by atoms with Crippen LogP contribution in [0, 0.1) is 0 Å². The minimum Gasteiger partial charge on any atom is -0.388 e. The maximum Gasteiger partial charge on any atom is 0.183 e. The molecule has 1 unspecified atom stereocenters. The maximum atomic E-state index is 8.64. The van der Waals surface area contributed by atoms with Gasteiger partial charge in [0.2, 0.25) is 0 Å². The van der Waals surface area contributed by atoms with Crippen LogP contribution in [0.1, 0.15) is 0 Å². The average Bonchev–Trinajstić information content (AvgIpc) is 1.98. The molecule has 1 heterocycles. The van der Waals surface area contributed by atoms with Crippen LogP contribution < -0.4 is 0 Å². The van der Waals surface area contributed by atoms with Crippen molar-refractivity contribution in [3.05, 3.63) is 0 Å². The highest BCUT2D eigenvalue weighted by molar-refractivity contribution is 4.75. The fourth-order valence-electron chi connectivity index (χ4n) is 0.584. The van der Waals surface area contributed by atoms with Crippen molar-refractivity contribution < 1.29 is 20.1 Å². The number of hydrogen-bond donors (Lipinski definition) is 3. The molecule has 4 nitrogen and oxygen atoms in total. The largest absolute Gasteiger partial charge is 0.388 e. The molecule has 0 saturated carbocycles. The van der Waals surface area contributed by atoms with Gasteiger partial charge >= 0.3 is 0 Å². The van der Waals surface area contributed by atoms with Crippen LogP contribution in [0.5, 0.6) is 0 Å². The molecule has 0 amide bonds. The van der Waals surface area contributed by atoms with Crippen LogP contribution >= 0.6 is 0 Å². The molecule has 3 atom stereocenters. The second kappa shape index (κ2) is 1.99. The summed E-state index contributed by atoms with van der Waals surface area (Å²) >= 11 is 0. The van der Waals surface area contributed by atoms with E-state index < -0.39 is 18.5 Å². The van der Waals surface area contributed by atoms with Crippen LogP contribution in [0.4, 0.5) is 0 Å². The Morgan fingerprint density at radius 2 is 1.88 bits per heavy atom. The standard InChI is InChI=1S/C4H8O4/c5-2-1-8-4(7)3(2)6/h2-7H,1H2/t2-,3-,4?/m1/s1. The van der Waals surface area contributed by atoms with Crippen molar-refractivity contribution in [3.63, 3.8) is 0 Å². The van der Waals surface area contributed by atoms with E-state index in [1.165, 1.54) is 0 Å². The lowest BCUT2D eigenvalue weighted by Gasteiger charge is -2.06. The van der Waals surface area contributed by atoms with Gasteiger partial charge < -0.3 is 20.1 Å². The molecule has 0 aromatic rings. The SMILES string of the molecule is OC1OC[C@@H](O)[C@H]1O. The summed E-state index contributed by atoms with van der Waals surface area (Å²) in [5, 5.41) is 25.8. The predicted molar refractivity (Wildman–Crippen MR) is 24.0 cm³/mol. The Bertz CT molecular complexity index is 74.1. The van der Waals surface area contributed by atoms with Crippen molar-refractivity contribution in [2.75, 3.05) is 6.61 Å². The van der Waals surface area contributed by atoms with Crippen LogP contribution in [0.25, 0.3) is 0 Å². The Hall–Kier alpha value is -0.160. The molecule has 0 bridgehead atoms. The molecular weight excluding hydrogens is 112 g/mol. The van der Waals surface area contributed by atoms with Gasteiger partial charge in [-0.15, -0.1) is 0 Å². The quantitative estimate of drug-likeness (QED) is 0.348. The van der Waals surface area contributed by atoms with E-state index in [2.05, 4.69) is 4.74 Å². The Labute approximate surface area is 46.3 Å². The second-order valence-corrected chi connectivity index (χ2v) is 1.78. The lowest BCUT2D eigenvalue weighted by atomic mass is 10.2. The summed E-state index contributed by atoms with van der Waals surface area (Å²) in [4.78, 5) is 0. The number of ether oxygens (including phenoxy) is 1. The smallest absolute Gasteiger partial charge is 0.183 e. The second-order valence-electron chi connectivity index (χ2n) is 1.78. The number of aliphatic hydroxyl groups is 3. The average molecular weight is 120 g/mol. The molecule has 1 rings (SSSR count). The summed E-state index contributed by atoms with van der Waals surface area (Å²) in [7, 11) is 0. The van der Waals surface area contributed by atoms with Crippen LogP contribution in [0.2, 0.25) is 0 Å². The molecule has 1 aliphatic rings. The minimum absolute atomic E-state index is 0.0162. The summed E-state index contributed by atoms with van der Waals surface area (Å²) in [5.74, 6) is 0. The van der Waals surface area contributed by atoms with Crippen LogP contribution in [0.15, 0.2) is 0 Å².